The zero-order valence-corrected chi connectivity index (χ0v) is 24.0. The number of carbonyl (C=O) groups is 4. The van der Waals surface area contributed by atoms with Crippen LogP contribution in [-0.4, -0.2) is 60.1 Å². The zero-order chi connectivity index (χ0) is 31.2. The molecule has 9 nitrogen and oxygen atoms in total. The van der Waals surface area contributed by atoms with Crippen molar-refractivity contribution < 1.29 is 37.5 Å². The van der Waals surface area contributed by atoms with Crippen molar-refractivity contribution >= 4 is 29.4 Å². The lowest BCUT2D eigenvalue weighted by Crippen LogP contribution is -2.58. The Bertz CT molecular complexity index is 1300. The maximum absolute atomic E-state index is 13.9. The second-order valence-corrected chi connectivity index (χ2v) is 10.8. The molecule has 0 fully saturated rings. The number of nitrogens with one attached hydrogen (secondary N) is 3. The van der Waals surface area contributed by atoms with Gasteiger partial charge in [0.25, 0.3) is 5.91 Å². The number of carbonyl (C=O) groups excluding carboxylic acids is 3. The lowest BCUT2D eigenvalue weighted by Gasteiger charge is -2.33. The van der Waals surface area contributed by atoms with Gasteiger partial charge in [-0.1, -0.05) is 56.3 Å². The number of aliphatic carboxylic acids is 1. The van der Waals surface area contributed by atoms with Crippen LogP contribution in [0.2, 0.25) is 0 Å². The largest absolute Gasteiger partial charge is 0.490 e. The molecular formula is C30H37F3N4O5. The first-order chi connectivity index (χ1) is 19.8. The standard InChI is InChI=1S/C28H36N4O3.C2HF3O2/c1-17(2)25(31-26(33)18(3)29-4)28(35)32-23-15-8-6-11-20(23)16-24(32)27(34)30-22-14-9-12-19-10-5-7-13-21(19)22;3-2(4,5)1(6)7/h5-8,10-11,13,15,17-18,22,24-25,29H,9,12,14,16H2,1-4H3,(H,30,34)(H,31,33);(H,6,7). The molecule has 0 saturated carbocycles. The highest BCUT2D eigenvalue weighted by Crippen LogP contribution is 2.35. The number of likely N-dealkylation sites (N-methyl/N-ethyl adjacent to an activating group) is 1. The van der Waals surface area contributed by atoms with Crippen molar-refractivity contribution in [2.45, 2.75) is 76.8 Å². The van der Waals surface area contributed by atoms with Crippen LogP contribution < -0.4 is 20.9 Å². The van der Waals surface area contributed by atoms with E-state index in [1.807, 2.05) is 50.2 Å². The van der Waals surface area contributed by atoms with Crippen LogP contribution >= 0.6 is 0 Å². The molecule has 2 aromatic carbocycles. The Hall–Kier alpha value is -3.93. The summed E-state index contributed by atoms with van der Waals surface area (Å²) in [6.07, 6.45) is -1.72. The minimum absolute atomic E-state index is 0.0646. The van der Waals surface area contributed by atoms with Crippen LogP contribution in [0.5, 0.6) is 0 Å². The third kappa shape index (κ3) is 7.67. The Kier molecular flexibility index (Phi) is 10.7. The van der Waals surface area contributed by atoms with Gasteiger partial charge in [-0.05, 0) is 61.9 Å². The molecule has 1 aliphatic heterocycles. The van der Waals surface area contributed by atoms with Gasteiger partial charge < -0.3 is 21.1 Å². The SMILES string of the molecule is CNC(C)C(=O)NC(C(=O)N1c2ccccc2CC1C(=O)NC1CCCc2ccccc21)C(C)C.O=C(O)C(F)(F)F. The summed E-state index contributed by atoms with van der Waals surface area (Å²) in [6, 6.07) is 14.0. The van der Waals surface area contributed by atoms with E-state index >= 15 is 0 Å². The highest BCUT2D eigenvalue weighted by atomic mass is 19.4. The van der Waals surface area contributed by atoms with Gasteiger partial charge in [0.2, 0.25) is 11.8 Å². The average Bonchev–Trinajstić information content (AvgIpc) is 3.34. The number of hydrogen-bond donors (Lipinski definition) is 4. The monoisotopic (exact) mass is 590 g/mol. The van der Waals surface area contributed by atoms with Crippen molar-refractivity contribution in [1.82, 2.24) is 16.0 Å². The number of halogens is 3. The fourth-order valence-corrected chi connectivity index (χ4v) is 5.11. The minimum Gasteiger partial charge on any atom is -0.475 e. The topological polar surface area (TPSA) is 128 Å². The first kappa shape index (κ1) is 32.6. The van der Waals surface area contributed by atoms with E-state index in [2.05, 4.69) is 28.1 Å². The first-order valence-corrected chi connectivity index (χ1v) is 13.8. The highest BCUT2D eigenvalue weighted by Gasteiger charge is 2.43. The van der Waals surface area contributed by atoms with Gasteiger partial charge in [-0.3, -0.25) is 19.3 Å². The fraction of sp³-hybridized carbons (Fsp3) is 0.467. The number of hydrogen-bond acceptors (Lipinski definition) is 5. The zero-order valence-electron chi connectivity index (χ0n) is 24.0. The van der Waals surface area contributed by atoms with E-state index in [1.54, 1.807) is 18.9 Å². The molecule has 228 valence electrons. The summed E-state index contributed by atoms with van der Waals surface area (Å²) >= 11 is 0. The van der Waals surface area contributed by atoms with Crippen molar-refractivity contribution in [2.24, 2.45) is 5.92 Å². The van der Waals surface area contributed by atoms with Crippen molar-refractivity contribution in [2.75, 3.05) is 11.9 Å². The number of amides is 3. The second-order valence-electron chi connectivity index (χ2n) is 10.8. The van der Waals surface area contributed by atoms with E-state index in [0.717, 1.165) is 36.1 Å². The number of rotatable bonds is 7. The van der Waals surface area contributed by atoms with Gasteiger partial charge in [-0.2, -0.15) is 13.2 Å². The number of para-hydroxylation sites is 1. The number of anilines is 1. The van der Waals surface area contributed by atoms with E-state index in [0.29, 0.717) is 6.42 Å². The van der Waals surface area contributed by atoms with Crippen molar-refractivity contribution in [3.05, 3.63) is 65.2 Å². The Labute approximate surface area is 242 Å². The quantitative estimate of drug-likeness (QED) is 0.391. The molecule has 0 bridgehead atoms. The van der Waals surface area contributed by atoms with Crippen LogP contribution in [0.15, 0.2) is 48.5 Å². The molecular weight excluding hydrogens is 553 g/mol. The molecule has 4 atom stereocenters. The van der Waals surface area contributed by atoms with E-state index in [-0.39, 0.29) is 29.7 Å². The number of aryl methyl sites for hydroxylation is 1. The summed E-state index contributed by atoms with van der Waals surface area (Å²) in [4.78, 5) is 50.7. The molecule has 1 aliphatic carbocycles. The Morgan fingerprint density at radius 1 is 0.976 bits per heavy atom. The van der Waals surface area contributed by atoms with Crippen LogP contribution in [0.25, 0.3) is 0 Å². The summed E-state index contributed by atoms with van der Waals surface area (Å²) in [5.74, 6) is -3.56. The van der Waals surface area contributed by atoms with Gasteiger partial charge in [0.15, 0.2) is 0 Å². The minimum atomic E-state index is -5.08. The van der Waals surface area contributed by atoms with Crippen LogP contribution in [0, 0.1) is 5.92 Å². The third-order valence-electron chi connectivity index (χ3n) is 7.50. The lowest BCUT2D eigenvalue weighted by molar-refractivity contribution is -0.192. The summed E-state index contributed by atoms with van der Waals surface area (Å²) < 4.78 is 31.7. The van der Waals surface area contributed by atoms with E-state index in [1.165, 1.54) is 5.56 Å². The first-order valence-electron chi connectivity index (χ1n) is 13.8. The number of benzene rings is 2. The normalized spacial score (nSPS) is 19.0. The molecule has 2 aliphatic rings. The molecule has 0 radical (unpaired) electrons. The maximum atomic E-state index is 13.9. The smallest absolute Gasteiger partial charge is 0.475 e. The molecule has 4 N–H and O–H groups in total. The predicted molar refractivity (Wildman–Crippen MR) is 151 cm³/mol. The van der Waals surface area contributed by atoms with Crippen LogP contribution in [-0.2, 0) is 32.0 Å². The molecule has 12 heteroatoms. The summed E-state index contributed by atoms with van der Waals surface area (Å²) in [5, 5.41) is 16.2. The van der Waals surface area contributed by atoms with Crippen molar-refractivity contribution in [3.63, 3.8) is 0 Å². The van der Waals surface area contributed by atoms with Crippen molar-refractivity contribution in [3.8, 4) is 0 Å². The molecule has 0 aromatic heterocycles. The van der Waals surface area contributed by atoms with Gasteiger partial charge in [0, 0.05) is 12.1 Å². The second kappa shape index (κ2) is 13.8. The molecule has 42 heavy (non-hydrogen) atoms. The Morgan fingerprint density at radius 3 is 2.17 bits per heavy atom. The Morgan fingerprint density at radius 2 is 1.57 bits per heavy atom. The number of nitrogens with zero attached hydrogens (tertiary/aromatic N) is 1. The van der Waals surface area contributed by atoms with Crippen LogP contribution in [0.4, 0.5) is 18.9 Å². The summed E-state index contributed by atoms with van der Waals surface area (Å²) in [7, 11) is 1.71. The number of alkyl halides is 3. The molecule has 4 rings (SSSR count). The lowest BCUT2D eigenvalue weighted by atomic mass is 9.87. The molecule has 0 saturated heterocycles. The average molecular weight is 591 g/mol. The summed E-state index contributed by atoms with van der Waals surface area (Å²) in [6.45, 7) is 5.56. The van der Waals surface area contributed by atoms with E-state index in [4.69, 9.17) is 9.90 Å². The molecule has 0 spiro atoms. The molecule has 1 heterocycles. The van der Waals surface area contributed by atoms with Crippen LogP contribution in [0.3, 0.4) is 0 Å². The Balaban J connectivity index is 0.000000616. The third-order valence-corrected chi connectivity index (χ3v) is 7.50. The summed E-state index contributed by atoms with van der Waals surface area (Å²) in [5.41, 5.74) is 4.13. The number of fused-ring (bicyclic) bond motifs is 2. The van der Waals surface area contributed by atoms with E-state index in [9.17, 15) is 27.6 Å². The van der Waals surface area contributed by atoms with Gasteiger partial charge in [0.1, 0.15) is 12.1 Å². The molecule has 4 unspecified atom stereocenters. The van der Waals surface area contributed by atoms with Gasteiger partial charge >= 0.3 is 12.1 Å². The molecule has 2 aromatic rings. The van der Waals surface area contributed by atoms with Crippen molar-refractivity contribution in [1.29, 1.82) is 0 Å². The fourth-order valence-electron chi connectivity index (χ4n) is 5.11. The number of carboxylic acid groups (broad SMARTS) is 1. The van der Waals surface area contributed by atoms with E-state index < -0.39 is 30.3 Å². The maximum Gasteiger partial charge on any atom is 0.490 e. The number of carboxylic acids is 1. The van der Waals surface area contributed by atoms with Gasteiger partial charge in [0.05, 0.1) is 12.1 Å². The highest BCUT2D eigenvalue weighted by molar-refractivity contribution is 6.07. The van der Waals surface area contributed by atoms with Crippen LogP contribution in [0.1, 0.15) is 56.3 Å². The van der Waals surface area contributed by atoms with Gasteiger partial charge in [-0.25, -0.2) is 4.79 Å². The predicted octanol–water partition coefficient (Wildman–Crippen LogP) is 3.52. The molecule has 3 amide bonds. The van der Waals surface area contributed by atoms with Gasteiger partial charge in [-0.15, -0.1) is 0 Å².